The molecule has 1 aromatic carbocycles. The molecule has 17 heavy (non-hydrogen) atoms. The maximum atomic E-state index is 5.16. The molecule has 0 aliphatic rings. The van der Waals surface area contributed by atoms with E-state index in [1.165, 1.54) is 5.56 Å². The number of ether oxygens (including phenoxy) is 1. The topological polar surface area (TPSA) is 26.2 Å². The van der Waals surface area contributed by atoms with Crippen LogP contribution in [0.1, 0.15) is 24.9 Å². The van der Waals surface area contributed by atoms with Crippen LogP contribution in [0, 0.1) is 0 Å². The number of nitrogens with one attached hydrogen (secondary N) is 1. The zero-order chi connectivity index (χ0) is 12.1. The molecule has 1 aromatic heterocycles. The van der Waals surface area contributed by atoms with E-state index in [-0.39, 0.29) is 0 Å². The fraction of sp³-hybridized carbons (Fsp3) is 0.286. The Kier molecular flexibility index (Phi) is 3.70. The maximum absolute atomic E-state index is 5.16. The number of nitrogens with zero attached hydrogens (tertiary/aromatic N) is 1. The van der Waals surface area contributed by atoms with E-state index in [4.69, 9.17) is 4.74 Å². The summed E-state index contributed by atoms with van der Waals surface area (Å²) in [5, 5.41) is 0. The van der Waals surface area contributed by atoms with Crippen LogP contribution in [0.15, 0.2) is 48.8 Å². The van der Waals surface area contributed by atoms with E-state index in [0.717, 1.165) is 12.2 Å². The van der Waals surface area contributed by atoms with Gasteiger partial charge in [0.2, 0.25) is 0 Å². The lowest BCUT2D eigenvalue weighted by atomic mass is 10.1. The molecule has 3 heteroatoms. The SMILES string of the molecule is CCC(Nn1cccc1)c1ccc(OC)cc1. The molecule has 0 saturated carbocycles. The molecule has 0 aliphatic heterocycles. The molecule has 0 radical (unpaired) electrons. The molecule has 1 unspecified atom stereocenters. The minimum atomic E-state index is 0.313. The van der Waals surface area contributed by atoms with Crippen LogP contribution in [0.2, 0.25) is 0 Å². The van der Waals surface area contributed by atoms with Gasteiger partial charge in [-0.25, -0.2) is 0 Å². The van der Waals surface area contributed by atoms with Crippen molar-refractivity contribution < 1.29 is 4.74 Å². The zero-order valence-electron chi connectivity index (χ0n) is 10.3. The molecular weight excluding hydrogens is 212 g/mol. The first kappa shape index (κ1) is 11.6. The highest BCUT2D eigenvalue weighted by Gasteiger charge is 2.08. The Balaban J connectivity index is 2.11. The molecule has 2 aromatic rings. The summed E-state index contributed by atoms with van der Waals surface area (Å²) in [5.41, 5.74) is 4.70. The van der Waals surface area contributed by atoms with Crippen molar-refractivity contribution in [2.45, 2.75) is 19.4 Å². The molecule has 0 spiro atoms. The van der Waals surface area contributed by atoms with Crippen molar-refractivity contribution >= 4 is 0 Å². The van der Waals surface area contributed by atoms with Crippen LogP contribution in [0.4, 0.5) is 0 Å². The van der Waals surface area contributed by atoms with Crippen LogP contribution in [0.3, 0.4) is 0 Å². The highest BCUT2D eigenvalue weighted by molar-refractivity contribution is 5.30. The second-order valence-electron chi connectivity index (χ2n) is 3.95. The fourth-order valence-electron chi connectivity index (χ4n) is 1.84. The lowest BCUT2D eigenvalue weighted by Crippen LogP contribution is -2.18. The maximum Gasteiger partial charge on any atom is 0.118 e. The van der Waals surface area contributed by atoms with Crippen molar-refractivity contribution in [2.24, 2.45) is 0 Å². The second kappa shape index (κ2) is 5.43. The Labute approximate surface area is 102 Å². The molecule has 1 atom stereocenters. The molecule has 1 heterocycles. The van der Waals surface area contributed by atoms with Crippen molar-refractivity contribution in [2.75, 3.05) is 12.5 Å². The van der Waals surface area contributed by atoms with Crippen molar-refractivity contribution in [3.05, 3.63) is 54.4 Å². The van der Waals surface area contributed by atoms with Gasteiger partial charge < -0.3 is 10.2 Å². The molecule has 0 saturated heterocycles. The van der Waals surface area contributed by atoms with E-state index >= 15 is 0 Å². The van der Waals surface area contributed by atoms with Gasteiger partial charge >= 0.3 is 0 Å². The molecule has 0 bridgehead atoms. The largest absolute Gasteiger partial charge is 0.497 e. The van der Waals surface area contributed by atoms with E-state index in [2.05, 4.69) is 24.5 Å². The van der Waals surface area contributed by atoms with E-state index in [9.17, 15) is 0 Å². The van der Waals surface area contributed by atoms with E-state index in [0.29, 0.717) is 6.04 Å². The molecule has 1 N–H and O–H groups in total. The lowest BCUT2D eigenvalue weighted by Gasteiger charge is -2.19. The minimum Gasteiger partial charge on any atom is -0.497 e. The van der Waals surface area contributed by atoms with Crippen molar-refractivity contribution in [1.29, 1.82) is 0 Å². The van der Waals surface area contributed by atoms with E-state index in [1.807, 2.05) is 41.3 Å². The number of aromatic nitrogens is 1. The Morgan fingerprint density at radius 3 is 2.35 bits per heavy atom. The minimum absolute atomic E-state index is 0.313. The molecule has 90 valence electrons. The van der Waals surface area contributed by atoms with Gasteiger partial charge in [0, 0.05) is 12.4 Å². The van der Waals surface area contributed by atoms with Gasteiger partial charge in [0.1, 0.15) is 5.75 Å². The lowest BCUT2D eigenvalue weighted by molar-refractivity contribution is 0.414. The summed E-state index contributed by atoms with van der Waals surface area (Å²) < 4.78 is 7.15. The molecule has 0 fully saturated rings. The first-order chi connectivity index (χ1) is 8.33. The number of methoxy groups -OCH3 is 1. The Bertz CT molecular complexity index is 434. The first-order valence-corrected chi connectivity index (χ1v) is 5.87. The smallest absolute Gasteiger partial charge is 0.118 e. The van der Waals surface area contributed by atoms with Gasteiger partial charge in [-0.05, 0) is 36.2 Å². The standard InChI is InChI=1S/C14H18N2O/c1-3-14(15-16-10-4-5-11-16)12-6-8-13(17-2)9-7-12/h4-11,14-15H,3H2,1-2H3. The quantitative estimate of drug-likeness (QED) is 0.853. The van der Waals surface area contributed by atoms with Crippen molar-refractivity contribution in [3.63, 3.8) is 0 Å². The third kappa shape index (κ3) is 2.81. The zero-order valence-corrected chi connectivity index (χ0v) is 10.3. The van der Waals surface area contributed by atoms with Crippen LogP contribution in [-0.4, -0.2) is 11.8 Å². The first-order valence-electron chi connectivity index (χ1n) is 5.87. The predicted molar refractivity (Wildman–Crippen MR) is 69.8 cm³/mol. The molecule has 0 amide bonds. The van der Waals surface area contributed by atoms with Crippen LogP contribution in [-0.2, 0) is 0 Å². The van der Waals surface area contributed by atoms with Gasteiger partial charge in [0.25, 0.3) is 0 Å². The molecular formula is C14H18N2O. The van der Waals surface area contributed by atoms with Gasteiger partial charge in [0.05, 0.1) is 13.2 Å². The van der Waals surface area contributed by atoms with Gasteiger partial charge in [-0.3, -0.25) is 4.68 Å². The molecule has 0 aliphatic carbocycles. The van der Waals surface area contributed by atoms with Crippen molar-refractivity contribution in [1.82, 2.24) is 4.68 Å². The third-order valence-corrected chi connectivity index (χ3v) is 2.84. The Morgan fingerprint density at radius 2 is 1.82 bits per heavy atom. The average Bonchev–Trinajstić information content (AvgIpc) is 2.89. The van der Waals surface area contributed by atoms with E-state index in [1.54, 1.807) is 7.11 Å². The summed E-state index contributed by atoms with van der Waals surface area (Å²) in [5.74, 6) is 0.893. The van der Waals surface area contributed by atoms with Crippen LogP contribution in [0.5, 0.6) is 5.75 Å². The summed E-state index contributed by atoms with van der Waals surface area (Å²) in [6, 6.07) is 12.5. The average molecular weight is 230 g/mol. The van der Waals surface area contributed by atoms with Crippen LogP contribution >= 0.6 is 0 Å². The second-order valence-corrected chi connectivity index (χ2v) is 3.95. The number of hydrogen-bond acceptors (Lipinski definition) is 2. The van der Waals surface area contributed by atoms with Crippen molar-refractivity contribution in [3.8, 4) is 5.75 Å². The number of benzene rings is 1. The summed E-state index contributed by atoms with van der Waals surface area (Å²) in [6.07, 6.45) is 5.04. The molecule has 3 nitrogen and oxygen atoms in total. The van der Waals surface area contributed by atoms with Gasteiger partial charge in [0.15, 0.2) is 0 Å². The summed E-state index contributed by atoms with van der Waals surface area (Å²) in [6.45, 7) is 2.17. The van der Waals surface area contributed by atoms with Gasteiger partial charge in [-0.2, -0.15) is 0 Å². The monoisotopic (exact) mass is 230 g/mol. The van der Waals surface area contributed by atoms with Crippen LogP contribution < -0.4 is 10.2 Å². The van der Waals surface area contributed by atoms with Gasteiger partial charge in [-0.1, -0.05) is 19.1 Å². The third-order valence-electron chi connectivity index (χ3n) is 2.84. The molecule has 2 rings (SSSR count). The summed E-state index contributed by atoms with van der Waals surface area (Å²) >= 11 is 0. The predicted octanol–water partition coefficient (Wildman–Crippen LogP) is 3.19. The Hall–Kier alpha value is -1.90. The Morgan fingerprint density at radius 1 is 1.18 bits per heavy atom. The van der Waals surface area contributed by atoms with E-state index < -0.39 is 0 Å². The summed E-state index contributed by atoms with van der Waals surface area (Å²) in [4.78, 5) is 0. The van der Waals surface area contributed by atoms with Gasteiger partial charge in [-0.15, -0.1) is 0 Å². The normalized spacial score (nSPS) is 12.1. The highest BCUT2D eigenvalue weighted by atomic mass is 16.5. The fourth-order valence-corrected chi connectivity index (χ4v) is 1.84. The number of hydrogen-bond donors (Lipinski definition) is 1. The number of rotatable bonds is 5. The summed E-state index contributed by atoms with van der Waals surface area (Å²) in [7, 11) is 1.68. The van der Waals surface area contributed by atoms with Crippen LogP contribution in [0.25, 0.3) is 0 Å². The highest BCUT2D eigenvalue weighted by Crippen LogP contribution is 2.20.